The first-order valence-electron chi connectivity index (χ1n) is 6.13. The third-order valence-electron chi connectivity index (χ3n) is 2.71. The molecule has 17 heavy (non-hydrogen) atoms. The second kappa shape index (κ2) is 6.74. The zero-order valence-electron chi connectivity index (χ0n) is 9.93. The molecule has 0 fully saturated rings. The average molecular weight is 253 g/mol. The van der Waals surface area contributed by atoms with E-state index in [1.54, 1.807) is 11.3 Å². The van der Waals surface area contributed by atoms with Crippen LogP contribution in [0.4, 0.5) is 0 Å². The van der Waals surface area contributed by atoms with Crippen molar-refractivity contribution in [1.29, 1.82) is 0 Å². The second-order valence-corrected chi connectivity index (χ2v) is 5.01. The lowest BCUT2D eigenvalue weighted by Crippen LogP contribution is -2.14. The topological polar surface area (TPSA) is 49.6 Å². The van der Waals surface area contributed by atoms with Crippen LogP contribution in [-0.2, 0) is 6.54 Å². The van der Waals surface area contributed by atoms with Crippen LogP contribution < -0.4 is 5.32 Å². The van der Waals surface area contributed by atoms with Crippen LogP contribution in [0.5, 0.6) is 0 Å². The van der Waals surface area contributed by atoms with Crippen LogP contribution in [0.25, 0.3) is 4.96 Å². The summed E-state index contributed by atoms with van der Waals surface area (Å²) in [6, 6.07) is 0. The molecule has 0 aromatic carbocycles. The van der Waals surface area contributed by atoms with E-state index in [-0.39, 0.29) is 0 Å². The summed E-state index contributed by atoms with van der Waals surface area (Å²) >= 11 is 1.66. The van der Waals surface area contributed by atoms with Crippen LogP contribution in [0.3, 0.4) is 0 Å². The zero-order chi connectivity index (χ0) is 11.9. The molecular weight excluding hydrogens is 234 g/mol. The molecule has 0 unspecified atom stereocenters. The Bertz CT molecular complexity index is 409. The lowest BCUT2D eigenvalue weighted by Gasteiger charge is -2.02. The van der Waals surface area contributed by atoms with E-state index >= 15 is 0 Å². The fourth-order valence-electron chi connectivity index (χ4n) is 1.79. The number of aliphatic hydroxyl groups is 1. The molecule has 0 saturated heterocycles. The first-order chi connectivity index (χ1) is 8.40. The highest BCUT2D eigenvalue weighted by Gasteiger charge is 2.01. The maximum Gasteiger partial charge on any atom is 0.193 e. The van der Waals surface area contributed by atoms with Crippen molar-refractivity contribution in [2.75, 3.05) is 13.2 Å². The summed E-state index contributed by atoms with van der Waals surface area (Å²) in [5.41, 5.74) is 1.10. The van der Waals surface area contributed by atoms with E-state index < -0.39 is 0 Å². The molecule has 2 N–H and O–H groups in total. The van der Waals surface area contributed by atoms with Crippen LogP contribution in [0, 0.1) is 0 Å². The van der Waals surface area contributed by atoms with E-state index in [0.29, 0.717) is 6.61 Å². The Morgan fingerprint density at radius 2 is 2.18 bits per heavy atom. The molecule has 0 saturated carbocycles. The fourth-order valence-corrected chi connectivity index (χ4v) is 2.51. The average Bonchev–Trinajstić information content (AvgIpc) is 2.88. The molecule has 2 heterocycles. The molecule has 2 aromatic heterocycles. The predicted molar refractivity (Wildman–Crippen MR) is 70.3 cm³/mol. The van der Waals surface area contributed by atoms with Gasteiger partial charge in [0.05, 0.1) is 5.69 Å². The van der Waals surface area contributed by atoms with Gasteiger partial charge in [-0.1, -0.05) is 12.8 Å². The number of nitrogens with one attached hydrogen (secondary N) is 1. The number of imidazole rings is 1. The van der Waals surface area contributed by atoms with Crippen LogP contribution >= 0.6 is 11.3 Å². The molecule has 4 nitrogen and oxygen atoms in total. The Morgan fingerprint density at radius 3 is 3.00 bits per heavy atom. The third-order valence-corrected chi connectivity index (χ3v) is 3.48. The molecule has 0 spiro atoms. The molecular formula is C12H19N3OS. The zero-order valence-corrected chi connectivity index (χ0v) is 10.7. The van der Waals surface area contributed by atoms with Crippen molar-refractivity contribution >= 4 is 16.3 Å². The molecule has 0 atom stereocenters. The van der Waals surface area contributed by atoms with Gasteiger partial charge in [0.2, 0.25) is 0 Å². The lowest BCUT2D eigenvalue weighted by molar-refractivity contribution is 0.282. The van der Waals surface area contributed by atoms with Crippen molar-refractivity contribution in [3.8, 4) is 0 Å². The first-order valence-corrected chi connectivity index (χ1v) is 7.01. The van der Waals surface area contributed by atoms with Gasteiger partial charge in [0.1, 0.15) is 0 Å². The van der Waals surface area contributed by atoms with Gasteiger partial charge in [-0.15, -0.1) is 11.3 Å². The largest absolute Gasteiger partial charge is 0.396 e. The fraction of sp³-hybridized carbons (Fsp3) is 0.583. The van der Waals surface area contributed by atoms with E-state index in [1.165, 1.54) is 12.8 Å². The smallest absolute Gasteiger partial charge is 0.193 e. The monoisotopic (exact) mass is 253 g/mol. The van der Waals surface area contributed by atoms with Gasteiger partial charge in [-0.3, -0.25) is 4.40 Å². The van der Waals surface area contributed by atoms with Crippen molar-refractivity contribution in [3.05, 3.63) is 23.5 Å². The van der Waals surface area contributed by atoms with Gasteiger partial charge in [0.15, 0.2) is 4.96 Å². The standard InChI is InChI=1S/C12H19N3OS/c16-7-4-2-1-3-5-13-9-11-10-15-6-8-17-12(15)14-11/h6,8,10,13,16H,1-5,7,9H2. The van der Waals surface area contributed by atoms with Gasteiger partial charge >= 0.3 is 0 Å². The molecule has 0 aliphatic rings. The summed E-state index contributed by atoms with van der Waals surface area (Å²) < 4.78 is 2.06. The number of hydrogen-bond acceptors (Lipinski definition) is 4. The number of thiazole rings is 1. The number of nitrogens with zero attached hydrogens (tertiary/aromatic N) is 2. The van der Waals surface area contributed by atoms with Crippen LogP contribution in [-0.4, -0.2) is 27.6 Å². The molecule has 2 rings (SSSR count). The minimum absolute atomic E-state index is 0.318. The third kappa shape index (κ3) is 3.80. The van der Waals surface area contributed by atoms with Gasteiger partial charge in [0, 0.05) is 30.9 Å². The van der Waals surface area contributed by atoms with Crippen molar-refractivity contribution in [3.63, 3.8) is 0 Å². The first kappa shape index (κ1) is 12.5. The molecule has 0 aliphatic heterocycles. The maximum atomic E-state index is 8.64. The summed E-state index contributed by atoms with van der Waals surface area (Å²) in [7, 11) is 0. The second-order valence-electron chi connectivity index (χ2n) is 4.14. The van der Waals surface area contributed by atoms with E-state index in [0.717, 1.165) is 36.6 Å². The molecule has 0 radical (unpaired) electrons. The molecule has 0 amide bonds. The van der Waals surface area contributed by atoms with Crippen LogP contribution in [0.2, 0.25) is 0 Å². The number of hydrogen-bond donors (Lipinski definition) is 2. The van der Waals surface area contributed by atoms with Crippen molar-refractivity contribution in [2.45, 2.75) is 32.2 Å². The van der Waals surface area contributed by atoms with Crippen LogP contribution in [0.1, 0.15) is 31.4 Å². The maximum absolute atomic E-state index is 8.64. The number of rotatable bonds is 8. The number of aromatic nitrogens is 2. The number of unbranched alkanes of at least 4 members (excludes halogenated alkanes) is 3. The summed E-state index contributed by atoms with van der Waals surface area (Å²) in [5.74, 6) is 0. The van der Waals surface area contributed by atoms with E-state index in [1.807, 2.05) is 11.6 Å². The van der Waals surface area contributed by atoms with Crippen LogP contribution in [0.15, 0.2) is 17.8 Å². The van der Waals surface area contributed by atoms with Crippen molar-refractivity contribution in [2.24, 2.45) is 0 Å². The van der Waals surface area contributed by atoms with Gasteiger partial charge < -0.3 is 10.4 Å². The SMILES string of the molecule is OCCCCCCNCc1cn2ccsc2n1. The number of fused-ring (bicyclic) bond motifs is 1. The highest BCUT2D eigenvalue weighted by Crippen LogP contribution is 2.10. The molecule has 2 aromatic rings. The summed E-state index contributed by atoms with van der Waals surface area (Å²) in [4.78, 5) is 5.57. The molecule has 5 heteroatoms. The summed E-state index contributed by atoms with van der Waals surface area (Å²) in [6.45, 7) is 2.18. The predicted octanol–water partition coefficient (Wildman–Crippen LogP) is 2.04. The van der Waals surface area contributed by atoms with E-state index in [2.05, 4.69) is 20.9 Å². The Morgan fingerprint density at radius 1 is 1.29 bits per heavy atom. The van der Waals surface area contributed by atoms with Crippen molar-refractivity contribution in [1.82, 2.24) is 14.7 Å². The van der Waals surface area contributed by atoms with E-state index in [9.17, 15) is 0 Å². The normalized spacial score (nSPS) is 11.4. The molecule has 94 valence electrons. The van der Waals surface area contributed by atoms with Gasteiger partial charge in [-0.25, -0.2) is 4.98 Å². The van der Waals surface area contributed by atoms with Crippen molar-refractivity contribution < 1.29 is 5.11 Å². The summed E-state index contributed by atoms with van der Waals surface area (Å²) in [5, 5.41) is 14.1. The Hall–Kier alpha value is -0.910. The molecule has 0 bridgehead atoms. The lowest BCUT2D eigenvalue weighted by atomic mass is 10.2. The van der Waals surface area contributed by atoms with Gasteiger partial charge in [-0.2, -0.15) is 0 Å². The summed E-state index contributed by atoms with van der Waals surface area (Å²) in [6.07, 6.45) is 8.51. The highest BCUT2D eigenvalue weighted by atomic mass is 32.1. The Balaban J connectivity index is 1.60. The minimum atomic E-state index is 0.318. The van der Waals surface area contributed by atoms with Gasteiger partial charge in [-0.05, 0) is 19.4 Å². The minimum Gasteiger partial charge on any atom is -0.396 e. The molecule has 0 aliphatic carbocycles. The Kier molecular flexibility index (Phi) is 4.97. The number of aliphatic hydroxyl groups excluding tert-OH is 1. The Labute approximate surface area is 105 Å². The van der Waals surface area contributed by atoms with Gasteiger partial charge in [0.25, 0.3) is 0 Å². The highest BCUT2D eigenvalue weighted by molar-refractivity contribution is 7.15. The quantitative estimate of drug-likeness (QED) is 0.708. The van der Waals surface area contributed by atoms with E-state index in [4.69, 9.17) is 5.11 Å².